The summed E-state index contributed by atoms with van der Waals surface area (Å²) >= 11 is 0. The number of anilines is 1. The third-order valence-electron chi connectivity index (χ3n) is 5.51. The van der Waals surface area contributed by atoms with Gasteiger partial charge in [0.05, 0.1) is 6.20 Å². The fourth-order valence-electron chi connectivity index (χ4n) is 3.91. The zero-order valence-electron chi connectivity index (χ0n) is 15.6. The van der Waals surface area contributed by atoms with E-state index >= 15 is 0 Å². The maximum Gasteiger partial charge on any atom is 0.251 e. The molecule has 2 heterocycles. The molecule has 1 aliphatic carbocycles. The van der Waals surface area contributed by atoms with Gasteiger partial charge in [-0.2, -0.15) is 0 Å². The van der Waals surface area contributed by atoms with Crippen LogP contribution in [-0.4, -0.2) is 34.5 Å². The van der Waals surface area contributed by atoms with Crippen LogP contribution in [0.25, 0.3) is 11.3 Å². The molecule has 1 aromatic carbocycles. The highest BCUT2D eigenvalue weighted by atomic mass is 19.1. The fraction of sp³-hybridized carbons (Fsp3) is 0.450. The van der Waals surface area contributed by atoms with Crippen LogP contribution in [0.2, 0.25) is 0 Å². The van der Waals surface area contributed by atoms with Crippen LogP contribution in [0, 0.1) is 5.82 Å². The van der Waals surface area contributed by atoms with Crippen molar-refractivity contribution in [2.24, 2.45) is 5.73 Å². The first-order valence-electron chi connectivity index (χ1n) is 9.31. The van der Waals surface area contributed by atoms with Gasteiger partial charge in [0.1, 0.15) is 5.69 Å². The van der Waals surface area contributed by atoms with E-state index in [-0.39, 0.29) is 29.1 Å². The molecule has 4 N–H and O–H groups in total. The first-order valence-corrected chi connectivity index (χ1v) is 9.31. The van der Waals surface area contributed by atoms with Crippen LogP contribution in [0.4, 0.5) is 10.3 Å². The summed E-state index contributed by atoms with van der Waals surface area (Å²) < 4.78 is 14.5. The van der Waals surface area contributed by atoms with Crippen LogP contribution in [0.5, 0.6) is 0 Å². The molecule has 1 fully saturated rings. The average molecular weight is 369 g/mol. The van der Waals surface area contributed by atoms with Crippen LogP contribution >= 0.6 is 0 Å². The molecular formula is C20H24FN5O. The van der Waals surface area contributed by atoms with E-state index in [1.165, 1.54) is 6.20 Å². The summed E-state index contributed by atoms with van der Waals surface area (Å²) in [6.45, 7) is 4.66. The smallest absolute Gasteiger partial charge is 0.251 e. The summed E-state index contributed by atoms with van der Waals surface area (Å²) in [7, 11) is 0. The van der Waals surface area contributed by atoms with E-state index in [4.69, 9.17) is 5.73 Å². The Labute approximate surface area is 157 Å². The second kappa shape index (κ2) is 6.56. The Hall–Kier alpha value is -2.54. The third-order valence-corrected chi connectivity index (χ3v) is 5.51. The normalized spacial score (nSPS) is 23.6. The van der Waals surface area contributed by atoms with Crippen LogP contribution < -0.4 is 16.4 Å². The first-order chi connectivity index (χ1) is 12.8. The second-order valence-corrected chi connectivity index (χ2v) is 8.13. The molecule has 0 bridgehead atoms. The Bertz CT molecular complexity index is 898. The maximum atomic E-state index is 14.5. The summed E-state index contributed by atoms with van der Waals surface area (Å²) in [4.78, 5) is 20.6. The van der Waals surface area contributed by atoms with Gasteiger partial charge in [-0.15, -0.1) is 0 Å². The van der Waals surface area contributed by atoms with E-state index in [1.807, 2.05) is 6.07 Å². The number of amides is 1. The van der Waals surface area contributed by atoms with Gasteiger partial charge in [-0.05, 0) is 37.0 Å². The van der Waals surface area contributed by atoms with E-state index in [2.05, 4.69) is 34.4 Å². The van der Waals surface area contributed by atoms with Crippen molar-refractivity contribution in [3.8, 4) is 11.3 Å². The number of nitrogens with zero attached hydrogens (tertiary/aromatic N) is 2. The molecule has 4 rings (SSSR count). The molecule has 6 nitrogen and oxygen atoms in total. The fourth-order valence-corrected chi connectivity index (χ4v) is 3.91. The minimum Gasteiger partial charge on any atom is -0.351 e. The zero-order valence-corrected chi connectivity index (χ0v) is 15.6. The molecule has 1 aliphatic heterocycles. The minimum absolute atomic E-state index is 0.0982. The number of halogens is 1. The number of carbonyl (C=O) groups excluding carboxylic acids is 1. The highest BCUT2D eigenvalue weighted by Gasteiger charge is 2.32. The quantitative estimate of drug-likeness (QED) is 0.773. The summed E-state index contributed by atoms with van der Waals surface area (Å²) in [5.41, 5.74) is 8.12. The van der Waals surface area contributed by atoms with Crippen LogP contribution in [0.1, 0.15) is 49.0 Å². The van der Waals surface area contributed by atoms with Crippen molar-refractivity contribution in [3.63, 3.8) is 0 Å². The lowest BCUT2D eigenvalue weighted by molar-refractivity contribution is 0.0930. The van der Waals surface area contributed by atoms with E-state index < -0.39 is 5.82 Å². The minimum atomic E-state index is -0.485. The number of benzene rings is 1. The summed E-state index contributed by atoms with van der Waals surface area (Å²) in [5, 5.41) is 6.15. The zero-order chi connectivity index (χ0) is 19.2. The molecule has 1 aromatic heterocycles. The highest BCUT2D eigenvalue weighted by Crippen LogP contribution is 2.33. The summed E-state index contributed by atoms with van der Waals surface area (Å²) in [6.07, 6.45) is 3.97. The lowest BCUT2D eigenvalue weighted by Gasteiger charge is -2.32. The molecule has 2 atom stereocenters. The maximum absolute atomic E-state index is 14.5. The van der Waals surface area contributed by atoms with Crippen molar-refractivity contribution in [2.75, 3.05) is 11.9 Å². The molecule has 0 spiro atoms. The van der Waals surface area contributed by atoms with Gasteiger partial charge in [0, 0.05) is 35.2 Å². The van der Waals surface area contributed by atoms with Gasteiger partial charge in [0.25, 0.3) is 5.91 Å². The van der Waals surface area contributed by atoms with Gasteiger partial charge in [0.2, 0.25) is 5.95 Å². The molecule has 27 heavy (non-hydrogen) atoms. The Kier molecular flexibility index (Phi) is 4.34. The van der Waals surface area contributed by atoms with Crippen LogP contribution in [0.3, 0.4) is 0 Å². The van der Waals surface area contributed by atoms with Crippen molar-refractivity contribution in [2.45, 2.75) is 50.6 Å². The number of nitrogens with one attached hydrogen (secondary N) is 2. The van der Waals surface area contributed by atoms with E-state index in [1.54, 1.807) is 12.1 Å². The number of aromatic nitrogens is 2. The Morgan fingerprint density at radius 2 is 2.15 bits per heavy atom. The predicted octanol–water partition coefficient (Wildman–Crippen LogP) is 2.60. The van der Waals surface area contributed by atoms with Crippen molar-refractivity contribution >= 4 is 11.9 Å². The standard InChI is InChI=1S/C20H24FN5O/c1-20(2)10-24-18(27)14-6-3-11(7-15(14)20)17-16(21)9-23-19(26-17)25-13-5-4-12(22)8-13/h3,6-7,9,12-13H,4-5,8,10,22H2,1-2H3,(H,24,27)(H,23,25,26)/t12-,13-/m0/s1. The van der Waals surface area contributed by atoms with Crippen LogP contribution in [0.15, 0.2) is 24.4 Å². The van der Waals surface area contributed by atoms with Gasteiger partial charge in [-0.3, -0.25) is 4.79 Å². The molecular weight excluding hydrogens is 345 g/mol. The number of hydrogen-bond acceptors (Lipinski definition) is 5. The molecule has 0 saturated heterocycles. The number of nitrogens with two attached hydrogens (primary N) is 1. The Morgan fingerprint density at radius 3 is 2.89 bits per heavy atom. The van der Waals surface area contributed by atoms with Gasteiger partial charge in [-0.25, -0.2) is 14.4 Å². The molecule has 7 heteroatoms. The van der Waals surface area contributed by atoms with Gasteiger partial charge in [-0.1, -0.05) is 19.9 Å². The molecule has 1 saturated carbocycles. The number of fused-ring (bicyclic) bond motifs is 1. The van der Waals surface area contributed by atoms with Gasteiger partial charge < -0.3 is 16.4 Å². The lowest BCUT2D eigenvalue weighted by atomic mass is 9.78. The second-order valence-electron chi connectivity index (χ2n) is 8.13. The van der Waals surface area contributed by atoms with E-state index in [0.717, 1.165) is 24.8 Å². The Balaban J connectivity index is 1.69. The molecule has 2 aliphatic rings. The number of rotatable bonds is 3. The van der Waals surface area contributed by atoms with E-state index in [9.17, 15) is 9.18 Å². The van der Waals surface area contributed by atoms with Crippen molar-refractivity contribution in [3.05, 3.63) is 41.3 Å². The number of carbonyl (C=O) groups is 1. The largest absolute Gasteiger partial charge is 0.351 e. The van der Waals surface area contributed by atoms with Crippen molar-refractivity contribution in [1.29, 1.82) is 0 Å². The molecule has 2 aromatic rings. The Morgan fingerprint density at radius 1 is 1.33 bits per heavy atom. The van der Waals surface area contributed by atoms with Crippen LogP contribution in [-0.2, 0) is 5.41 Å². The SMILES string of the molecule is CC1(C)CNC(=O)c2ccc(-c3nc(N[C@H]4CC[C@H](N)C4)ncc3F)cc21. The van der Waals surface area contributed by atoms with Gasteiger partial charge >= 0.3 is 0 Å². The average Bonchev–Trinajstić information content (AvgIpc) is 3.05. The molecule has 0 unspecified atom stereocenters. The predicted molar refractivity (Wildman–Crippen MR) is 102 cm³/mol. The van der Waals surface area contributed by atoms with Crippen molar-refractivity contribution < 1.29 is 9.18 Å². The topological polar surface area (TPSA) is 92.9 Å². The molecule has 0 radical (unpaired) electrons. The summed E-state index contributed by atoms with van der Waals surface area (Å²) in [6, 6.07) is 5.75. The molecule has 142 valence electrons. The van der Waals surface area contributed by atoms with Crippen molar-refractivity contribution in [1.82, 2.24) is 15.3 Å². The third kappa shape index (κ3) is 3.39. The molecule has 1 amide bonds. The summed E-state index contributed by atoms with van der Waals surface area (Å²) in [5.74, 6) is -0.180. The monoisotopic (exact) mass is 369 g/mol. The highest BCUT2D eigenvalue weighted by molar-refractivity contribution is 5.98. The number of hydrogen-bond donors (Lipinski definition) is 3. The first kappa shape index (κ1) is 17.9. The van der Waals surface area contributed by atoms with Gasteiger partial charge in [0.15, 0.2) is 5.82 Å². The van der Waals surface area contributed by atoms with E-state index in [0.29, 0.717) is 23.6 Å². The lowest BCUT2D eigenvalue weighted by Crippen LogP contribution is -2.43.